The Morgan fingerprint density at radius 1 is 1.29 bits per heavy atom. The summed E-state index contributed by atoms with van der Waals surface area (Å²) < 4.78 is 37.9. The van der Waals surface area contributed by atoms with Crippen LogP contribution in [0.25, 0.3) is 0 Å². The molecule has 1 heterocycles. The highest BCUT2D eigenvalue weighted by Crippen LogP contribution is 2.55. The Hall–Kier alpha value is -1.46. The van der Waals surface area contributed by atoms with Crippen LogP contribution in [0, 0.1) is 0 Å². The topological polar surface area (TPSA) is 29.1 Å². The van der Waals surface area contributed by atoms with E-state index < -0.39 is 17.2 Å². The van der Waals surface area contributed by atoms with Crippen molar-refractivity contribution in [2.24, 2.45) is 0 Å². The molecule has 0 unspecified atom stereocenters. The fraction of sp³-hybridized carbons (Fsp3) is 0.364. The number of amides is 1. The van der Waals surface area contributed by atoms with Gasteiger partial charge in [-0.15, -0.1) is 0 Å². The van der Waals surface area contributed by atoms with Crippen molar-refractivity contribution in [3.63, 3.8) is 0 Å². The van der Waals surface area contributed by atoms with Crippen molar-refractivity contribution in [1.29, 1.82) is 0 Å². The summed E-state index contributed by atoms with van der Waals surface area (Å²) in [6.45, 7) is 0. The van der Waals surface area contributed by atoms with Gasteiger partial charge in [-0.3, -0.25) is 4.79 Å². The third-order valence-electron chi connectivity index (χ3n) is 3.43. The summed E-state index contributed by atoms with van der Waals surface area (Å²) in [4.78, 5) is 11.7. The minimum Gasteiger partial charge on any atom is -0.326 e. The molecule has 86 valence electrons. The Morgan fingerprint density at radius 3 is 2.47 bits per heavy atom. The smallest absolute Gasteiger partial charge is 0.326 e. The lowest BCUT2D eigenvalue weighted by molar-refractivity contribution is -0.137. The number of anilines is 1. The zero-order valence-electron chi connectivity index (χ0n) is 8.69. The van der Waals surface area contributed by atoms with E-state index in [4.69, 9.17) is 7.85 Å². The van der Waals surface area contributed by atoms with Gasteiger partial charge in [0.05, 0.1) is 11.0 Å². The summed E-state index contributed by atoms with van der Waals surface area (Å²) in [7, 11) is 5.57. The van der Waals surface area contributed by atoms with Crippen LogP contribution in [0.5, 0.6) is 0 Å². The van der Waals surface area contributed by atoms with Gasteiger partial charge in [-0.05, 0) is 24.5 Å². The Kier molecular flexibility index (Phi) is 1.80. The van der Waals surface area contributed by atoms with Gasteiger partial charge in [-0.2, -0.15) is 13.2 Å². The van der Waals surface area contributed by atoms with Crippen LogP contribution in [0.1, 0.15) is 24.0 Å². The molecular weight excluding hydrogens is 230 g/mol. The maximum absolute atomic E-state index is 12.6. The number of nitrogens with one attached hydrogen (secondary N) is 1. The summed E-state index contributed by atoms with van der Waals surface area (Å²) >= 11 is 0. The van der Waals surface area contributed by atoms with E-state index in [0.29, 0.717) is 24.1 Å². The third kappa shape index (κ3) is 1.33. The van der Waals surface area contributed by atoms with Crippen molar-refractivity contribution in [2.75, 3.05) is 5.32 Å². The monoisotopic (exact) mass is 237 g/mol. The minimum absolute atomic E-state index is 0.0213. The molecule has 2 aliphatic rings. The van der Waals surface area contributed by atoms with Crippen molar-refractivity contribution in [3.05, 3.63) is 23.3 Å². The Balaban J connectivity index is 2.21. The van der Waals surface area contributed by atoms with Crippen LogP contribution in [0.2, 0.25) is 0 Å². The molecule has 17 heavy (non-hydrogen) atoms. The van der Waals surface area contributed by atoms with Crippen LogP contribution in [-0.2, 0) is 16.4 Å². The van der Waals surface area contributed by atoms with E-state index in [1.54, 1.807) is 0 Å². The van der Waals surface area contributed by atoms with Gasteiger partial charge in [0.2, 0.25) is 5.91 Å². The normalized spacial score (nSPS) is 20.3. The molecule has 1 aromatic rings. The fourth-order valence-electron chi connectivity index (χ4n) is 2.32. The van der Waals surface area contributed by atoms with Crippen molar-refractivity contribution < 1.29 is 18.0 Å². The molecule has 1 fully saturated rings. The van der Waals surface area contributed by atoms with E-state index in [1.807, 2.05) is 0 Å². The quantitative estimate of drug-likeness (QED) is 0.680. The number of hydrogen-bond donors (Lipinski definition) is 1. The summed E-state index contributed by atoms with van der Waals surface area (Å²) in [6, 6.07) is 1.90. The van der Waals surface area contributed by atoms with Gasteiger partial charge < -0.3 is 5.32 Å². The number of halogens is 3. The largest absolute Gasteiger partial charge is 0.416 e. The molecule has 3 rings (SSSR count). The standard InChI is InChI=1S/C11H7BF3NO/c12-7-4-5(11(13,14)15)3-6-8(7)16-9(17)10(6)1-2-10/h3-4H,1-2H2,(H,16,17). The Bertz CT molecular complexity index is 534. The van der Waals surface area contributed by atoms with Gasteiger partial charge in [-0.1, -0.05) is 11.5 Å². The molecular formula is C11H7BF3NO. The van der Waals surface area contributed by atoms with E-state index in [9.17, 15) is 18.0 Å². The highest BCUT2D eigenvalue weighted by molar-refractivity contribution is 6.38. The lowest BCUT2D eigenvalue weighted by Gasteiger charge is -2.12. The van der Waals surface area contributed by atoms with E-state index in [0.717, 1.165) is 12.1 Å². The highest BCUT2D eigenvalue weighted by Gasteiger charge is 2.57. The molecule has 0 saturated heterocycles. The molecule has 0 bridgehead atoms. The van der Waals surface area contributed by atoms with Gasteiger partial charge in [-0.25, -0.2) is 0 Å². The second kappa shape index (κ2) is 2.86. The summed E-state index contributed by atoms with van der Waals surface area (Å²) in [5.41, 5.74) is -0.816. The lowest BCUT2D eigenvalue weighted by atomic mass is 9.86. The predicted molar refractivity (Wildman–Crippen MR) is 56.4 cm³/mol. The number of benzene rings is 1. The molecule has 6 heteroatoms. The maximum atomic E-state index is 12.6. The molecule has 1 spiro atoms. The van der Waals surface area contributed by atoms with Crippen LogP contribution in [0.15, 0.2) is 12.1 Å². The molecule has 1 saturated carbocycles. The zero-order valence-corrected chi connectivity index (χ0v) is 8.69. The molecule has 1 aliphatic heterocycles. The molecule has 2 radical (unpaired) electrons. The van der Waals surface area contributed by atoms with Crippen LogP contribution in [0.3, 0.4) is 0 Å². The van der Waals surface area contributed by atoms with Gasteiger partial charge >= 0.3 is 6.18 Å². The Labute approximate surface area is 96.6 Å². The highest BCUT2D eigenvalue weighted by atomic mass is 19.4. The molecule has 2 nitrogen and oxygen atoms in total. The van der Waals surface area contributed by atoms with E-state index in [1.165, 1.54) is 0 Å². The SMILES string of the molecule is [B]c1cc(C(F)(F)F)cc2c1NC(=O)C21CC1. The average molecular weight is 237 g/mol. The molecule has 1 aliphatic carbocycles. The summed E-state index contributed by atoms with van der Waals surface area (Å²) in [5, 5.41) is 2.57. The lowest BCUT2D eigenvalue weighted by Crippen LogP contribution is -2.18. The van der Waals surface area contributed by atoms with Gasteiger partial charge in [0.25, 0.3) is 0 Å². The van der Waals surface area contributed by atoms with Crippen LogP contribution >= 0.6 is 0 Å². The van der Waals surface area contributed by atoms with Crippen LogP contribution in [-0.4, -0.2) is 13.8 Å². The number of hydrogen-bond acceptors (Lipinski definition) is 1. The van der Waals surface area contributed by atoms with Gasteiger partial charge in [0.15, 0.2) is 0 Å². The van der Waals surface area contributed by atoms with E-state index >= 15 is 0 Å². The summed E-state index contributed by atoms with van der Waals surface area (Å²) in [5.74, 6) is -0.237. The van der Waals surface area contributed by atoms with Crippen molar-refractivity contribution in [2.45, 2.75) is 24.4 Å². The minimum atomic E-state index is -4.44. The molecule has 1 N–H and O–H groups in total. The molecule has 0 aromatic heterocycles. The van der Waals surface area contributed by atoms with E-state index in [-0.39, 0.29) is 11.4 Å². The first-order chi connectivity index (χ1) is 7.84. The first-order valence-corrected chi connectivity index (χ1v) is 5.17. The predicted octanol–water partition coefficient (Wildman–Crippen LogP) is 1.48. The van der Waals surface area contributed by atoms with Gasteiger partial charge in [0.1, 0.15) is 7.85 Å². The number of alkyl halides is 3. The molecule has 0 atom stereocenters. The van der Waals surface area contributed by atoms with Crippen molar-refractivity contribution in [3.8, 4) is 0 Å². The average Bonchev–Trinajstić information content (AvgIpc) is 2.94. The maximum Gasteiger partial charge on any atom is 0.416 e. The zero-order chi connectivity index (χ0) is 12.4. The first-order valence-electron chi connectivity index (χ1n) is 5.17. The summed E-state index contributed by atoms with van der Waals surface area (Å²) in [6.07, 6.45) is -3.26. The number of fused-ring (bicyclic) bond motifs is 2. The number of carbonyl (C=O) groups is 1. The fourth-order valence-corrected chi connectivity index (χ4v) is 2.32. The molecule has 1 amide bonds. The molecule has 1 aromatic carbocycles. The first kappa shape index (κ1) is 10.7. The van der Waals surface area contributed by atoms with E-state index in [2.05, 4.69) is 5.32 Å². The van der Waals surface area contributed by atoms with Crippen LogP contribution in [0.4, 0.5) is 18.9 Å². The second-order valence-corrected chi connectivity index (χ2v) is 4.52. The van der Waals surface area contributed by atoms with Crippen molar-refractivity contribution >= 4 is 24.9 Å². The Morgan fingerprint density at radius 2 is 1.94 bits per heavy atom. The second-order valence-electron chi connectivity index (χ2n) is 4.52. The van der Waals surface area contributed by atoms with Gasteiger partial charge in [0, 0.05) is 5.69 Å². The number of rotatable bonds is 0. The van der Waals surface area contributed by atoms with Crippen LogP contribution < -0.4 is 10.8 Å². The number of carbonyl (C=O) groups excluding carboxylic acids is 1. The van der Waals surface area contributed by atoms with Crippen molar-refractivity contribution in [1.82, 2.24) is 0 Å². The third-order valence-corrected chi connectivity index (χ3v) is 3.43.